The molecule has 1 N–H and O–H groups in total. The Bertz CT molecular complexity index is 897. The third-order valence-electron chi connectivity index (χ3n) is 5.08. The first kappa shape index (κ1) is 24.1. The van der Waals surface area contributed by atoms with Crippen molar-refractivity contribution in [1.29, 1.82) is 0 Å². The summed E-state index contributed by atoms with van der Waals surface area (Å²) in [7, 11) is 1.68. The number of nitrogens with zero attached hydrogens (tertiary/aromatic N) is 2. The highest BCUT2D eigenvalue weighted by Gasteiger charge is 2.21. The normalized spacial score (nSPS) is 12.0. The molecular formula is C23H32FN3O2S. The van der Waals surface area contributed by atoms with E-state index < -0.39 is 0 Å². The van der Waals surface area contributed by atoms with Crippen LogP contribution in [0.5, 0.6) is 0 Å². The second kappa shape index (κ2) is 11.9. The first-order valence-corrected chi connectivity index (χ1v) is 11.5. The van der Waals surface area contributed by atoms with Crippen molar-refractivity contribution >= 4 is 17.7 Å². The minimum atomic E-state index is -0.303. The van der Waals surface area contributed by atoms with Gasteiger partial charge in [-0.25, -0.2) is 9.37 Å². The number of hydrogen-bond donors (Lipinski definition) is 1. The fraction of sp³-hybridized carbons (Fsp3) is 0.522. The van der Waals surface area contributed by atoms with E-state index in [1.54, 1.807) is 26.1 Å². The zero-order valence-corrected chi connectivity index (χ0v) is 19.2. The van der Waals surface area contributed by atoms with Crippen LogP contribution in [0, 0.1) is 12.7 Å². The maximum atomic E-state index is 13.1. The minimum Gasteiger partial charge on any atom is -0.355 e. The Morgan fingerprint density at radius 1 is 1.20 bits per heavy atom. The Morgan fingerprint density at radius 3 is 2.53 bits per heavy atom. The number of unbranched alkanes of at least 4 members (excludes halogenated alkanes) is 3. The predicted octanol–water partition coefficient (Wildman–Crippen LogP) is 4.39. The molecule has 5 nitrogen and oxygen atoms in total. The standard InChI is InChI=1S/C23H32FN3O2S/c1-5-7-8-9-14-25-21(28)20(6-2)30-23-26-16(3)19(22(29)27(23)4)15-17-10-12-18(24)13-11-17/h10-13,20H,5-9,14-15H2,1-4H3,(H,25,28). The predicted molar refractivity (Wildman–Crippen MR) is 121 cm³/mol. The molecule has 0 aliphatic rings. The van der Waals surface area contributed by atoms with E-state index in [4.69, 9.17) is 0 Å². The molecule has 1 heterocycles. The van der Waals surface area contributed by atoms with Crippen LogP contribution in [0.2, 0.25) is 0 Å². The Labute approximate surface area is 182 Å². The van der Waals surface area contributed by atoms with Crippen molar-refractivity contribution in [2.24, 2.45) is 7.05 Å². The second-order valence-electron chi connectivity index (χ2n) is 7.49. The summed E-state index contributed by atoms with van der Waals surface area (Å²) in [4.78, 5) is 30.1. The van der Waals surface area contributed by atoms with Crippen molar-refractivity contribution in [1.82, 2.24) is 14.9 Å². The van der Waals surface area contributed by atoms with Gasteiger partial charge in [0.2, 0.25) is 5.91 Å². The molecule has 0 saturated heterocycles. The van der Waals surface area contributed by atoms with Gasteiger partial charge in [-0.1, -0.05) is 57.0 Å². The molecule has 0 aliphatic carbocycles. The molecule has 0 saturated carbocycles. The smallest absolute Gasteiger partial charge is 0.257 e. The molecule has 7 heteroatoms. The minimum absolute atomic E-state index is 0.0127. The van der Waals surface area contributed by atoms with E-state index in [0.717, 1.165) is 24.8 Å². The quantitative estimate of drug-likeness (QED) is 0.324. The summed E-state index contributed by atoms with van der Waals surface area (Å²) >= 11 is 1.33. The monoisotopic (exact) mass is 433 g/mol. The average molecular weight is 434 g/mol. The number of carbonyl (C=O) groups excluding carboxylic acids is 1. The van der Waals surface area contributed by atoms with Crippen LogP contribution in [-0.4, -0.2) is 27.3 Å². The molecule has 1 atom stereocenters. The first-order valence-electron chi connectivity index (χ1n) is 10.6. The summed E-state index contributed by atoms with van der Waals surface area (Å²) in [6.07, 6.45) is 5.49. The Morgan fingerprint density at radius 2 is 1.90 bits per heavy atom. The van der Waals surface area contributed by atoms with Gasteiger partial charge < -0.3 is 5.32 Å². The van der Waals surface area contributed by atoms with Crippen LogP contribution in [0.1, 0.15) is 62.8 Å². The number of thioether (sulfide) groups is 1. The zero-order valence-electron chi connectivity index (χ0n) is 18.3. The van der Waals surface area contributed by atoms with Crippen molar-refractivity contribution in [3.8, 4) is 0 Å². The summed E-state index contributed by atoms with van der Waals surface area (Å²) in [5, 5.41) is 3.25. The van der Waals surface area contributed by atoms with Gasteiger partial charge in [-0.3, -0.25) is 14.2 Å². The molecule has 1 unspecified atom stereocenters. The van der Waals surface area contributed by atoms with E-state index in [9.17, 15) is 14.0 Å². The Balaban J connectivity index is 2.10. The number of carbonyl (C=O) groups is 1. The van der Waals surface area contributed by atoms with Crippen LogP contribution in [0.3, 0.4) is 0 Å². The molecule has 1 amide bonds. The van der Waals surface area contributed by atoms with Crippen molar-refractivity contribution in [2.45, 2.75) is 69.7 Å². The highest BCUT2D eigenvalue weighted by atomic mass is 32.2. The highest BCUT2D eigenvalue weighted by molar-refractivity contribution is 8.00. The second-order valence-corrected chi connectivity index (χ2v) is 8.66. The molecule has 164 valence electrons. The van der Waals surface area contributed by atoms with Crippen molar-refractivity contribution in [3.05, 3.63) is 57.3 Å². The number of nitrogens with one attached hydrogen (secondary N) is 1. The summed E-state index contributed by atoms with van der Waals surface area (Å²) in [5.41, 5.74) is 1.94. The molecule has 0 radical (unpaired) electrons. The number of amides is 1. The number of aryl methyl sites for hydroxylation is 1. The summed E-state index contributed by atoms with van der Waals surface area (Å²) in [6.45, 7) is 6.60. The Hall–Kier alpha value is -2.15. The lowest BCUT2D eigenvalue weighted by Crippen LogP contribution is -2.34. The number of benzene rings is 1. The molecule has 2 rings (SSSR count). The molecule has 1 aromatic carbocycles. The van der Waals surface area contributed by atoms with Crippen LogP contribution in [0.15, 0.2) is 34.2 Å². The van der Waals surface area contributed by atoms with Gasteiger partial charge in [0.05, 0.1) is 5.25 Å². The van der Waals surface area contributed by atoms with Gasteiger partial charge in [0, 0.05) is 31.3 Å². The van der Waals surface area contributed by atoms with Gasteiger partial charge in [0.25, 0.3) is 5.56 Å². The molecular weight excluding hydrogens is 401 g/mol. The average Bonchev–Trinajstić information content (AvgIpc) is 2.73. The number of rotatable bonds is 11. The summed E-state index contributed by atoms with van der Waals surface area (Å²) in [6, 6.07) is 6.13. The fourth-order valence-electron chi connectivity index (χ4n) is 3.17. The largest absolute Gasteiger partial charge is 0.355 e. The molecule has 0 spiro atoms. The molecule has 30 heavy (non-hydrogen) atoms. The summed E-state index contributed by atoms with van der Waals surface area (Å²) < 4.78 is 14.6. The fourth-order valence-corrected chi connectivity index (χ4v) is 4.21. The third kappa shape index (κ3) is 6.69. The van der Waals surface area contributed by atoms with E-state index in [1.807, 2.05) is 6.92 Å². The van der Waals surface area contributed by atoms with Crippen LogP contribution in [0.4, 0.5) is 4.39 Å². The van der Waals surface area contributed by atoms with Gasteiger partial charge in [-0.15, -0.1) is 0 Å². The topological polar surface area (TPSA) is 64.0 Å². The lowest BCUT2D eigenvalue weighted by molar-refractivity contribution is -0.120. The lowest BCUT2D eigenvalue weighted by Gasteiger charge is -2.17. The number of halogens is 1. The molecule has 0 fully saturated rings. The van der Waals surface area contributed by atoms with E-state index >= 15 is 0 Å². The van der Waals surface area contributed by atoms with Crippen molar-refractivity contribution < 1.29 is 9.18 Å². The van der Waals surface area contributed by atoms with Crippen molar-refractivity contribution in [3.63, 3.8) is 0 Å². The van der Waals surface area contributed by atoms with E-state index in [0.29, 0.717) is 35.8 Å². The van der Waals surface area contributed by atoms with Crippen LogP contribution in [-0.2, 0) is 18.3 Å². The molecule has 0 bridgehead atoms. The number of hydrogen-bond acceptors (Lipinski definition) is 4. The van der Waals surface area contributed by atoms with E-state index in [-0.39, 0.29) is 22.5 Å². The van der Waals surface area contributed by atoms with Gasteiger partial charge in [-0.05, 0) is 37.5 Å². The van der Waals surface area contributed by atoms with Crippen LogP contribution in [0.25, 0.3) is 0 Å². The third-order valence-corrected chi connectivity index (χ3v) is 6.49. The Kier molecular flexibility index (Phi) is 9.56. The van der Waals surface area contributed by atoms with Gasteiger partial charge in [-0.2, -0.15) is 0 Å². The molecule has 0 aliphatic heterocycles. The van der Waals surface area contributed by atoms with E-state index in [2.05, 4.69) is 17.2 Å². The van der Waals surface area contributed by atoms with Gasteiger partial charge in [0.1, 0.15) is 5.82 Å². The zero-order chi connectivity index (χ0) is 22.1. The highest BCUT2D eigenvalue weighted by Crippen LogP contribution is 2.24. The van der Waals surface area contributed by atoms with Crippen LogP contribution >= 0.6 is 11.8 Å². The summed E-state index contributed by atoms with van der Waals surface area (Å²) in [5.74, 6) is -0.316. The molecule has 1 aromatic heterocycles. The molecule has 2 aromatic rings. The lowest BCUT2D eigenvalue weighted by atomic mass is 10.1. The number of aromatic nitrogens is 2. The van der Waals surface area contributed by atoms with Gasteiger partial charge in [0.15, 0.2) is 5.16 Å². The van der Waals surface area contributed by atoms with Crippen LogP contribution < -0.4 is 10.9 Å². The van der Waals surface area contributed by atoms with Crippen molar-refractivity contribution in [2.75, 3.05) is 6.54 Å². The maximum absolute atomic E-state index is 13.1. The SMILES string of the molecule is CCCCCCNC(=O)C(CC)Sc1nc(C)c(Cc2ccc(F)cc2)c(=O)n1C. The first-order chi connectivity index (χ1) is 14.4. The van der Waals surface area contributed by atoms with E-state index in [1.165, 1.54) is 34.9 Å². The van der Waals surface area contributed by atoms with Gasteiger partial charge >= 0.3 is 0 Å². The maximum Gasteiger partial charge on any atom is 0.257 e.